The summed E-state index contributed by atoms with van der Waals surface area (Å²) in [7, 11) is 0. The molecule has 0 bridgehead atoms. The summed E-state index contributed by atoms with van der Waals surface area (Å²) in [6, 6.07) is 0. The first-order valence-corrected chi connectivity index (χ1v) is 7.10. The average Bonchev–Trinajstić information content (AvgIpc) is 2.56. The zero-order valence-electron chi connectivity index (χ0n) is 10.5. The van der Waals surface area contributed by atoms with Gasteiger partial charge in [0.15, 0.2) is 0 Å². The van der Waals surface area contributed by atoms with Gasteiger partial charge in [0, 0.05) is 25.5 Å². The van der Waals surface area contributed by atoms with Crippen molar-refractivity contribution in [2.24, 2.45) is 0 Å². The van der Waals surface area contributed by atoms with Crippen LogP contribution in [-0.4, -0.2) is 40.1 Å². The third-order valence-electron chi connectivity index (χ3n) is 2.62. The van der Waals surface area contributed by atoms with Crippen LogP contribution in [0.4, 0.5) is 8.78 Å². The van der Waals surface area contributed by atoms with Gasteiger partial charge in [-0.05, 0) is 29.8 Å². The van der Waals surface area contributed by atoms with Crippen molar-refractivity contribution in [3.05, 3.63) is 15.9 Å². The quantitative estimate of drug-likeness (QED) is 0.708. The van der Waals surface area contributed by atoms with Crippen molar-refractivity contribution in [3.63, 3.8) is 0 Å². The summed E-state index contributed by atoms with van der Waals surface area (Å²) in [5.41, 5.74) is 1.79. The fourth-order valence-electron chi connectivity index (χ4n) is 1.78. The van der Waals surface area contributed by atoms with Gasteiger partial charge < -0.3 is 0 Å². The lowest BCUT2D eigenvalue weighted by atomic mass is 10.3. The number of hydrogen-bond acceptors (Lipinski definition) is 2. The van der Waals surface area contributed by atoms with Gasteiger partial charge in [-0.25, -0.2) is 8.78 Å². The van der Waals surface area contributed by atoms with E-state index < -0.39 is 6.43 Å². The molecule has 0 N–H and O–H groups in total. The van der Waals surface area contributed by atoms with Crippen LogP contribution in [0, 0.1) is 6.92 Å². The van der Waals surface area contributed by atoms with Crippen molar-refractivity contribution in [3.8, 4) is 0 Å². The Labute approximate surface area is 119 Å². The summed E-state index contributed by atoms with van der Waals surface area (Å²) >= 11 is 9.10. The van der Waals surface area contributed by atoms with E-state index in [0.29, 0.717) is 25.5 Å². The predicted octanol–water partition coefficient (Wildman–Crippen LogP) is 3.28. The molecule has 0 saturated heterocycles. The molecule has 1 heterocycles. The Morgan fingerprint density at radius 3 is 2.67 bits per heavy atom. The number of alkyl halides is 3. The Bertz CT molecular complexity index is 385. The lowest BCUT2D eigenvalue weighted by Crippen LogP contribution is -2.31. The van der Waals surface area contributed by atoms with Crippen molar-refractivity contribution in [1.29, 1.82) is 0 Å². The Morgan fingerprint density at radius 1 is 1.50 bits per heavy atom. The maximum absolute atomic E-state index is 12.5. The number of aryl methyl sites for hydroxylation is 2. The summed E-state index contributed by atoms with van der Waals surface area (Å²) in [6.07, 6.45) is -2.36. The second-order valence-electron chi connectivity index (χ2n) is 3.98. The van der Waals surface area contributed by atoms with E-state index in [0.717, 1.165) is 15.9 Å². The molecule has 104 valence electrons. The minimum Gasteiger partial charge on any atom is -0.291 e. The van der Waals surface area contributed by atoms with Crippen molar-refractivity contribution in [1.82, 2.24) is 14.7 Å². The van der Waals surface area contributed by atoms with Crippen LogP contribution >= 0.6 is 27.5 Å². The van der Waals surface area contributed by atoms with Crippen LogP contribution in [0.25, 0.3) is 0 Å². The molecule has 0 radical (unpaired) electrons. The monoisotopic (exact) mass is 343 g/mol. The van der Waals surface area contributed by atoms with E-state index in [1.54, 1.807) is 4.90 Å². The molecule has 0 spiro atoms. The fourth-order valence-corrected chi connectivity index (χ4v) is 2.43. The lowest BCUT2D eigenvalue weighted by molar-refractivity contribution is 0.0864. The topological polar surface area (TPSA) is 21.1 Å². The van der Waals surface area contributed by atoms with Gasteiger partial charge in [0.1, 0.15) is 0 Å². The van der Waals surface area contributed by atoms with Gasteiger partial charge in [-0.15, -0.1) is 11.6 Å². The highest BCUT2D eigenvalue weighted by molar-refractivity contribution is 9.10. The molecule has 1 aromatic heterocycles. The fraction of sp³-hybridized carbons (Fsp3) is 0.727. The Morgan fingerprint density at radius 2 is 2.17 bits per heavy atom. The molecule has 0 unspecified atom stereocenters. The second kappa shape index (κ2) is 7.40. The molecule has 0 aliphatic carbocycles. The van der Waals surface area contributed by atoms with Crippen molar-refractivity contribution >= 4 is 27.5 Å². The number of nitrogens with zero attached hydrogens (tertiary/aromatic N) is 3. The summed E-state index contributed by atoms with van der Waals surface area (Å²) < 4.78 is 27.7. The summed E-state index contributed by atoms with van der Waals surface area (Å²) in [5.74, 6) is 0.337. The van der Waals surface area contributed by atoms with E-state index in [-0.39, 0.29) is 6.54 Å². The number of rotatable bonds is 7. The molecule has 0 atom stereocenters. The van der Waals surface area contributed by atoms with E-state index in [9.17, 15) is 8.78 Å². The lowest BCUT2D eigenvalue weighted by Gasteiger charge is -2.21. The van der Waals surface area contributed by atoms with E-state index in [2.05, 4.69) is 21.0 Å². The molecule has 0 aliphatic rings. The van der Waals surface area contributed by atoms with Crippen molar-refractivity contribution < 1.29 is 8.78 Å². The first-order valence-electron chi connectivity index (χ1n) is 5.77. The Hall–Kier alpha value is -0.200. The van der Waals surface area contributed by atoms with Gasteiger partial charge in [0.2, 0.25) is 0 Å². The summed E-state index contributed by atoms with van der Waals surface area (Å²) in [5, 5.41) is 4.34. The van der Waals surface area contributed by atoms with E-state index in [4.69, 9.17) is 11.6 Å². The van der Waals surface area contributed by atoms with Crippen LogP contribution in [0.1, 0.15) is 18.3 Å². The number of halogens is 4. The largest absolute Gasteiger partial charge is 0.291 e. The number of hydrogen-bond donors (Lipinski definition) is 0. The van der Waals surface area contributed by atoms with E-state index in [1.807, 2.05) is 18.5 Å². The van der Waals surface area contributed by atoms with Crippen molar-refractivity contribution in [2.75, 3.05) is 19.0 Å². The highest BCUT2D eigenvalue weighted by Gasteiger charge is 2.18. The maximum atomic E-state index is 12.5. The highest BCUT2D eigenvalue weighted by Crippen LogP contribution is 2.22. The first kappa shape index (κ1) is 15.9. The maximum Gasteiger partial charge on any atom is 0.251 e. The van der Waals surface area contributed by atoms with E-state index >= 15 is 0 Å². The Kier molecular flexibility index (Phi) is 6.52. The molecule has 0 aromatic carbocycles. The van der Waals surface area contributed by atoms with Gasteiger partial charge in [-0.3, -0.25) is 9.58 Å². The van der Waals surface area contributed by atoms with Gasteiger partial charge in [-0.2, -0.15) is 5.10 Å². The molecular weight excluding hydrogens is 327 g/mol. The van der Waals surface area contributed by atoms with Crippen LogP contribution in [-0.2, 0) is 13.1 Å². The molecule has 0 fully saturated rings. The zero-order chi connectivity index (χ0) is 13.7. The molecule has 1 rings (SSSR count). The van der Waals surface area contributed by atoms with Crippen LogP contribution < -0.4 is 0 Å². The molecular formula is C11H17BrClF2N3. The molecule has 0 amide bonds. The third kappa shape index (κ3) is 4.17. The molecule has 7 heteroatoms. The smallest absolute Gasteiger partial charge is 0.251 e. The normalized spacial score (nSPS) is 11.8. The summed E-state index contributed by atoms with van der Waals surface area (Å²) in [4.78, 5) is 1.64. The van der Waals surface area contributed by atoms with Crippen molar-refractivity contribution in [2.45, 2.75) is 33.4 Å². The molecule has 18 heavy (non-hydrogen) atoms. The minimum absolute atomic E-state index is 0.271. The second-order valence-corrected chi connectivity index (χ2v) is 5.15. The predicted molar refractivity (Wildman–Crippen MR) is 72.3 cm³/mol. The zero-order valence-corrected chi connectivity index (χ0v) is 12.8. The molecule has 0 aliphatic heterocycles. The Balaban J connectivity index is 2.85. The van der Waals surface area contributed by atoms with Gasteiger partial charge >= 0.3 is 0 Å². The van der Waals surface area contributed by atoms with Crippen LogP contribution in [0.2, 0.25) is 0 Å². The molecule has 3 nitrogen and oxygen atoms in total. The highest BCUT2D eigenvalue weighted by atomic mass is 79.9. The standard InChI is InChI=1S/C11H17BrClF2N3/c1-3-18-9(11(12)8(2)16-18)6-17(5-4-13)7-10(14)15/h10H,3-7H2,1-2H3. The third-order valence-corrected chi connectivity index (χ3v) is 3.82. The van der Waals surface area contributed by atoms with Crippen LogP contribution in [0.5, 0.6) is 0 Å². The van der Waals surface area contributed by atoms with Crippen LogP contribution in [0.15, 0.2) is 4.47 Å². The molecule has 1 aromatic rings. The first-order chi connectivity index (χ1) is 8.49. The van der Waals surface area contributed by atoms with E-state index in [1.165, 1.54) is 0 Å². The SMILES string of the molecule is CCn1nc(C)c(Br)c1CN(CCCl)CC(F)F. The van der Waals surface area contributed by atoms with Gasteiger partial charge in [0.05, 0.1) is 22.4 Å². The van der Waals surface area contributed by atoms with Gasteiger partial charge in [0.25, 0.3) is 6.43 Å². The minimum atomic E-state index is -2.36. The summed E-state index contributed by atoms with van der Waals surface area (Å²) in [6.45, 7) is 5.16. The molecule has 0 saturated carbocycles. The average molecular weight is 345 g/mol. The van der Waals surface area contributed by atoms with Gasteiger partial charge in [-0.1, -0.05) is 0 Å². The number of aromatic nitrogens is 2. The van der Waals surface area contributed by atoms with Crippen LogP contribution in [0.3, 0.4) is 0 Å².